The minimum absolute atomic E-state index is 0.180. The van der Waals surface area contributed by atoms with Gasteiger partial charge >= 0.3 is 0 Å². The van der Waals surface area contributed by atoms with E-state index in [4.69, 9.17) is 9.47 Å². The highest BCUT2D eigenvalue weighted by atomic mass is 79.9. The highest BCUT2D eigenvalue weighted by molar-refractivity contribution is 9.10. The first-order valence-corrected chi connectivity index (χ1v) is 10.2. The first kappa shape index (κ1) is 19.8. The molecule has 0 unspecified atom stereocenters. The third-order valence-corrected chi connectivity index (χ3v) is 5.87. The van der Waals surface area contributed by atoms with Gasteiger partial charge in [-0.1, -0.05) is 28.1 Å². The molecule has 0 aliphatic rings. The van der Waals surface area contributed by atoms with Crippen LogP contribution in [0.3, 0.4) is 0 Å². The van der Waals surface area contributed by atoms with Crippen LogP contribution in [0.5, 0.6) is 11.5 Å². The van der Waals surface area contributed by atoms with Crippen LogP contribution in [-0.2, 0) is 16.6 Å². The second kappa shape index (κ2) is 8.69. The van der Waals surface area contributed by atoms with E-state index in [0.717, 1.165) is 10.0 Å². The molecule has 25 heavy (non-hydrogen) atoms. The summed E-state index contributed by atoms with van der Waals surface area (Å²) in [6.07, 6.45) is 0. The molecular weight excluding hydrogens is 406 g/mol. The zero-order valence-corrected chi connectivity index (χ0v) is 16.9. The average molecular weight is 428 g/mol. The van der Waals surface area contributed by atoms with E-state index in [1.165, 1.54) is 10.4 Å². The maximum Gasteiger partial charge on any atom is 0.243 e. The van der Waals surface area contributed by atoms with Gasteiger partial charge in [-0.2, -0.15) is 4.31 Å². The van der Waals surface area contributed by atoms with E-state index in [9.17, 15) is 8.42 Å². The van der Waals surface area contributed by atoms with E-state index in [2.05, 4.69) is 15.9 Å². The Kier molecular flexibility index (Phi) is 6.87. The zero-order valence-electron chi connectivity index (χ0n) is 14.5. The molecule has 136 valence electrons. The zero-order chi connectivity index (χ0) is 18.4. The van der Waals surface area contributed by atoms with Crippen LogP contribution in [-0.4, -0.2) is 33.0 Å². The molecule has 2 aromatic rings. The van der Waals surface area contributed by atoms with Crippen molar-refractivity contribution < 1.29 is 17.9 Å². The van der Waals surface area contributed by atoms with Crippen LogP contribution in [0.25, 0.3) is 0 Å². The average Bonchev–Trinajstić information content (AvgIpc) is 2.58. The maximum absolute atomic E-state index is 12.8. The normalized spacial score (nSPS) is 11.6. The van der Waals surface area contributed by atoms with Gasteiger partial charge in [0.05, 0.1) is 18.1 Å². The summed E-state index contributed by atoms with van der Waals surface area (Å²) in [6, 6.07) is 12.2. The van der Waals surface area contributed by atoms with Crippen LogP contribution < -0.4 is 9.47 Å². The molecule has 5 nitrogen and oxygen atoms in total. The molecule has 7 heteroatoms. The second-order valence-corrected chi connectivity index (χ2v) is 8.32. The van der Waals surface area contributed by atoms with Crippen molar-refractivity contribution in [3.63, 3.8) is 0 Å². The van der Waals surface area contributed by atoms with Crippen molar-refractivity contribution in [1.82, 2.24) is 4.31 Å². The first-order valence-electron chi connectivity index (χ1n) is 7.99. The summed E-state index contributed by atoms with van der Waals surface area (Å²) in [4.78, 5) is 0.180. The molecule has 0 amide bonds. The Morgan fingerprint density at radius 1 is 0.960 bits per heavy atom. The summed E-state index contributed by atoms with van der Waals surface area (Å²) in [5.41, 5.74) is 0.908. The SMILES string of the molecule is CCOc1ccc(S(=O)(=O)N(C)Cc2ccc(Br)cc2)cc1OCC. The van der Waals surface area contributed by atoms with Crippen LogP contribution in [0.2, 0.25) is 0 Å². The monoisotopic (exact) mass is 427 g/mol. The fourth-order valence-electron chi connectivity index (χ4n) is 2.30. The summed E-state index contributed by atoms with van der Waals surface area (Å²) in [7, 11) is -2.07. The lowest BCUT2D eigenvalue weighted by Crippen LogP contribution is -2.26. The summed E-state index contributed by atoms with van der Waals surface area (Å²) in [6.45, 7) is 4.91. The van der Waals surface area contributed by atoms with Crippen molar-refractivity contribution in [3.05, 3.63) is 52.5 Å². The maximum atomic E-state index is 12.8. The molecule has 0 atom stereocenters. The Labute approximate surface area is 157 Å². The third kappa shape index (κ3) is 4.96. The lowest BCUT2D eigenvalue weighted by molar-refractivity contribution is 0.287. The van der Waals surface area contributed by atoms with E-state index in [1.54, 1.807) is 19.2 Å². The fourth-order valence-corrected chi connectivity index (χ4v) is 3.74. The lowest BCUT2D eigenvalue weighted by Gasteiger charge is -2.19. The molecule has 0 fully saturated rings. The number of nitrogens with zero attached hydrogens (tertiary/aromatic N) is 1. The molecular formula is C18H22BrNO4S. The van der Waals surface area contributed by atoms with Crippen molar-refractivity contribution in [2.24, 2.45) is 0 Å². The lowest BCUT2D eigenvalue weighted by atomic mass is 10.2. The van der Waals surface area contributed by atoms with Crippen LogP contribution in [0.1, 0.15) is 19.4 Å². The van der Waals surface area contributed by atoms with Gasteiger partial charge in [0.15, 0.2) is 11.5 Å². The second-order valence-electron chi connectivity index (χ2n) is 5.36. The predicted octanol–water partition coefficient (Wildman–Crippen LogP) is 4.07. The summed E-state index contributed by atoms with van der Waals surface area (Å²) in [5.74, 6) is 0.973. The van der Waals surface area contributed by atoms with Crippen LogP contribution in [0.15, 0.2) is 51.8 Å². The Balaban J connectivity index is 2.27. The summed E-state index contributed by atoms with van der Waals surface area (Å²) in [5, 5.41) is 0. The van der Waals surface area contributed by atoms with Gasteiger partial charge in [-0.05, 0) is 43.7 Å². The van der Waals surface area contributed by atoms with Crippen molar-refractivity contribution in [3.8, 4) is 11.5 Å². The number of hydrogen-bond acceptors (Lipinski definition) is 4. The minimum atomic E-state index is -3.63. The molecule has 0 spiro atoms. The van der Waals surface area contributed by atoms with Crippen molar-refractivity contribution in [2.75, 3.05) is 20.3 Å². The molecule has 2 rings (SSSR count). The Morgan fingerprint density at radius 2 is 1.56 bits per heavy atom. The smallest absolute Gasteiger partial charge is 0.243 e. The van der Waals surface area contributed by atoms with Gasteiger partial charge in [0.1, 0.15) is 0 Å². The molecule has 0 aliphatic heterocycles. The molecule has 0 aliphatic carbocycles. The van der Waals surface area contributed by atoms with E-state index >= 15 is 0 Å². The number of sulfonamides is 1. The number of halogens is 1. The quantitative estimate of drug-likeness (QED) is 0.636. The summed E-state index contributed by atoms with van der Waals surface area (Å²) >= 11 is 3.37. The molecule has 0 heterocycles. The van der Waals surface area contributed by atoms with Crippen LogP contribution in [0.4, 0.5) is 0 Å². The fraction of sp³-hybridized carbons (Fsp3) is 0.333. The minimum Gasteiger partial charge on any atom is -0.490 e. The van der Waals surface area contributed by atoms with Gasteiger partial charge in [0.2, 0.25) is 10.0 Å². The Morgan fingerprint density at radius 3 is 2.16 bits per heavy atom. The van der Waals surface area contributed by atoms with Crippen molar-refractivity contribution in [2.45, 2.75) is 25.3 Å². The number of hydrogen-bond donors (Lipinski definition) is 0. The van der Waals surface area contributed by atoms with Gasteiger partial charge in [-0.25, -0.2) is 8.42 Å². The van der Waals surface area contributed by atoms with Crippen molar-refractivity contribution in [1.29, 1.82) is 0 Å². The van der Waals surface area contributed by atoms with E-state index in [0.29, 0.717) is 24.7 Å². The molecule has 0 N–H and O–H groups in total. The van der Waals surface area contributed by atoms with Crippen molar-refractivity contribution >= 4 is 26.0 Å². The van der Waals surface area contributed by atoms with Gasteiger partial charge in [0.25, 0.3) is 0 Å². The van der Waals surface area contributed by atoms with Gasteiger partial charge in [0, 0.05) is 24.1 Å². The molecule has 0 radical (unpaired) electrons. The van der Waals surface area contributed by atoms with Gasteiger partial charge in [-0.15, -0.1) is 0 Å². The van der Waals surface area contributed by atoms with Crippen LogP contribution >= 0.6 is 15.9 Å². The standard InChI is InChI=1S/C18H22BrNO4S/c1-4-23-17-11-10-16(12-18(17)24-5-2)25(21,22)20(3)13-14-6-8-15(19)9-7-14/h6-12H,4-5,13H2,1-3H3. The topological polar surface area (TPSA) is 55.8 Å². The van der Waals surface area contributed by atoms with Gasteiger partial charge < -0.3 is 9.47 Å². The van der Waals surface area contributed by atoms with E-state index in [1.807, 2.05) is 38.1 Å². The van der Waals surface area contributed by atoms with E-state index < -0.39 is 10.0 Å². The molecule has 0 bridgehead atoms. The highest BCUT2D eigenvalue weighted by Crippen LogP contribution is 2.31. The van der Waals surface area contributed by atoms with Gasteiger partial charge in [-0.3, -0.25) is 0 Å². The Bertz CT molecular complexity index is 806. The largest absolute Gasteiger partial charge is 0.490 e. The predicted molar refractivity (Wildman–Crippen MR) is 102 cm³/mol. The highest BCUT2D eigenvalue weighted by Gasteiger charge is 2.23. The molecule has 2 aromatic carbocycles. The third-order valence-electron chi connectivity index (χ3n) is 3.54. The van der Waals surface area contributed by atoms with E-state index in [-0.39, 0.29) is 11.4 Å². The molecule has 0 saturated heterocycles. The first-order chi connectivity index (χ1) is 11.9. The Hall–Kier alpha value is -1.57. The van der Waals surface area contributed by atoms with Crippen LogP contribution in [0, 0.1) is 0 Å². The number of ether oxygens (including phenoxy) is 2. The number of rotatable bonds is 8. The summed E-state index contributed by atoms with van der Waals surface area (Å²) < 4.78 is 39.0. The molecule has 0 aromatic heterocycles. The molecule has 0 saturated carbocycles. The number of benzene rings is 2.